The number of hydrogen-bond donors (Lipinski definition) is 1. The van der Waals surface area contributed by atoms with Gasteiger partial charge in [0.15, 0.2) is 0 Å². The Morgan fingerprint density at radius 2 is 1.59 bits per heavy atom. The van der Waals surface area contributed by atoms with Gasteiger partial charge in [-0.15, -0.1) is 0 Å². The average Bonchev–Trinajstić information content (AvgIpc) is 3.14. The van der Waals surface area contributed by atoms with E-state index in [-0.39, 0.29) is 11.9 Å². The van der Waals surface area contributed by atoms with Crippen molar-refractivity contribution in [2.75, 3.05) is 11.4 Å². The van der Waals surface area contributed by atoms with Crippen molar-refractivity contribution in [3.63, 3.8) is 0 Å². The van der Waals surface area contributed by atoms with Crippen molar-refractivity contribution in [2.45, 2.75) is 37.6 Å². The number of nitrogens with zero attached hydrogens (tertiary/aromatic N) is 1. The van der Waals surface area contributed by atoms with E-state index in [4.69, 9.17) is 0 Å². The minimum atomic E-state index is 0.0680. The van der Waals surface area contributed by atoms with Gasteiger partial charge in [-0.2, -0.15) is 0 Å². The lowest BCUT2D eigenvalue weighted by Gasteiger charge is -2.24. The van der Waals surface area contributed by atoms with Gasteiger partial charge in [0, 0.05) is 17.4 Å². The van der Waals surface area contributed by atoms with E-state index < -0.39 is 0 Å². The summed E-state index contributed by atoms with van der Waals surface area (Å²) in [5.74, 6) is 0.723. The molecule has 0 bridgehead atoms. The third-order valence-corrected chi connectivity index (χ3v) is 6.31. The molecule has 0 saturated carbocycles. The van der Waals surface area contributed by atoms with Gasteiger partial charge in [-0.05, 0) is 72.6 Å². The molecule has 29 heavy (non-hydrogen) atoms. The molecule has 0 saturated heterocycles. The van der Waals surface area contributed by atoms with Crippen LogP contribution in [0.2, 0.25) is 0 Å². The highest BCUT2D eigenvalue weighted by atomic mass is 16.2. The first kappa shape index (κ1) is 18.1. The van der Waals surface area contributed by atoms with Gasteiger partial charge in [-0.25, -0.2) is 0 Å². The molecule has 0 aliphatic heterocycles. The molecular formula is C26H26N2O. The Morgan fingerprint density at radius 1 is 0.897 bits per heavy atom. The summed E-state index contributed by atoms with van der Waals surface area (Å²) < 4.78 is 0. The quantitative estimate of drug-likeness (QED) is 0.631. The number of nitrogens with one attached hydrogen (secondary N) is 1. The van der Waals surface area contributed by atoms with E-state index in [0.29, 0.717) is 12.5 Å². The summed E-state index contributed by atoms with van der Waals surface area (Å²) in [4.78, 5) is 15.1. The van der Waals surface area contributed by atoms with Crippen molar-refractivity contribution in [1.29, 1.82) is 0 Å². The summed E-state index contributed by atoms with van der Waals surface area (Å²) in [5.41, 5.74) is 6.29. The fourth-order valence-corrected chi connectivity index (χ4v) is 5.06. The maximum absolute atomic E-state index is 13.3. The molecule has 2 aliphatic carbocycles. The van der Waals surface area contributed by atoms with Crippen LogP contribution in [0.15, 0.2) is 78.9 Å². The highest BCUT2D eigenvalue weighted by Gasteiger charge is 2.34. The van der Waals surface area contributed by atoms with Crippen molar-refractivity contribution in [2.24, 2.45) is 0 Å². The summed E-state index contributed by atoms with van der Waals surface area (Å²) >= 11 is 0. The summed E-state index contributed by atoms with van der Waals surface area (Å²) in [6, 6.07) is 26.8. The van der Waals surface area contributed by atoms with Crippen molar-refractivity contribution in [1.82, 2.24) is 5.32 Å². The highest BCUT2D eigenvalue weighted by Crippen LogP contribution is 2.47. The van der Waals surface area contributed by atoms with Crippen LogP contribution < -0.4 is 10.2 Å². The summed E-state index contributed by atoms with van der Waals surface area (Å²) in [6.07, 6.45) is 4.86. The first-order valence-electron chi connectivity index (χ1n) is 10.6. The lowest BCUT2D eigenvalue weighted by molar-refractivity contribution is -0.117. The Bertz CT molecular complexity index is 960. The fraction of sp³-hybridized carbons (Fsp3) is 0.269. The first-order chi connectivity index (χ1) is 14.3. The van der Waals surface area contributed by atoms with Crippen molar-refractivity contribution < 1.29 is 4.79 Å². The van der Waals surface area contributed by atoms with Crippen LogP contribution in [0.4, 0.5) is 11.4 Å². The highest BCUT2D eigenvalue weighted by molar-refractivity contribution is 6.01. The maximum Gasteiger partial charge on any atom is 0.245 e. The monoisotopic (exact) mass is 382 g/mol. The zero-order valence-corrected chi connectivity index (χ0v) is 16.6. The van der Waals surface area contributed by atoms with Gasteiger partial charge < -0.3 is 5.32 Å². The second-order valence-corrected chi connectivity index (χ2v) is 8.08. The number of hydrogen-bond acceptors (Lipinski definition) is 2. The minimum Gasteiger partial charge on any atom is -0.301 e. The smallest absolute Gasteiger partial charge is 0.245 e. The van der Waals surface area contributed by atoms with Gasteiger partial charge in [-0.3, -0.25) is 9.69 Å². The van der Waals surface area contributed by atoms with Crippen molar-refractivity contribution in [3.8, 4) is 0 Å². The van der Waals surface area contributed by atoms with E-state index in [0.717, 1.165) is 17.8 Å². The number of aryl methyl sites for hydroxylation is 1. The van der Waals surface area contributed by atoms with Crippen molar-refractivity contribution >= 4 is 17.3 Å². The molecule has 3 aromatic carbocycles. The second kappa shape index (κ2) is 7.84. The maximum atomic E-state index is 13.3. The summed E-state index contributed by atoms with van der Waals surface area (Å²) in [6.45, 7) is 0.324. The molecule has 2 aliphatic rings. The molecule has 146 valence electrons. The van der Waals surface area contributed by atoms with Gasteiger partial charge >= 0.3 is 0 Å². The summed E-state index contributed by atoms with van der Waals surface area (Å²) in [5, 5.41) is 3.59. The standard InChI is InChI=1S/C26H26N2O/c29-25(28(21-12-3-1-4-13-21)22-14-5-2-6-15-22)18-27-24-17-20-11-7-9-19-10-8-16-23(24)26(19)20/h1-6,8,10,12-16,20,24,27H,7,9,11,17-18H2/t20-,24+/m0/s1. The lowest BCUT2D eigenvalue weighted by Crippen LogP contribution is -2.36. The molecule has 1 N–H and O–H groups in total. The van der Waals surface area contributed by atoms with Gasteiger partial charge in [0.25, 0.3) is 0 Å². The normalized spacial score (nSPS) is 19.6. The number of carbonyl (C=O) groups is 1. The first-order valence-corrected chi connectivity index (χ1v) is 10.6. The molecule has 3 nitrogen and oxygen atoms in total. The molecule has 0 fully saturated rings. The Hall–Kier alpha value is -2.91. The predicted molar refractivity (Wildman–Crippen MR) is 118 cm³/mol. The average molecular weight is 383 g/mol. The second-order valence-electron chi connectivity index (χ2n) is 8.08. The third kappa shape index (κ3) is 3.47. The van der Waals surface area contributed by atoms with Gasteiger partial charge in [0.2, 0.25) is 5.91 Å². The molecule has 3 heteroatoms. The number of anilines is 2. The predicted octanol–water partition coefficient (Wildman–Crippen LogP) is 5.51. The van der Waals surface area contributed by atoms with Gasteiger partial charge in [-0.1, -0.05) is 54.6 Å². The number of amides is 1. The van der Waals surface area contributed by atoms with E-state index in [2.05, 4.69) is 23.5 Å². The third-order valence-electron chi connectivity index (χ3n) is 6.31. The topological polar surface area (TPSA) is 32.3 Å². The fourth-order valence-electron chi connectivity index (χ4n) is 5.06. The van der Waals surface area contributed by atoms with Crippen molar-refractivity contribution in [3.05, 3.63) is 95.6 Å². The molecule has 5 rings (SSSR count). The number of rotatable bonds is 5. The Balaban J connectivity index is 1.37. The molecule has 0 unspecified atom stereocenters. The van der Waals surface area contributed by atoms with E-state index in [9.17, 15) is 4.79 Å². The van der Waals surface area contributed by atoms with Crippen LogP contribution in [0.25, 0.3) is 0 Å². The van der Waals surface area contributed by atoms with Crippen LogP contribution >= 0.6 is 0 Å². The Labute approximate surface area is 172 Å². The van der Waals surface area contributed by atoms with E-state index in [1.54, 1.807) is 5.56 Å². The zero-order chi connectivity index (χ0) is 19.6. The number of para-hydroxylation sites is 2. The Morgan fingerprint density at radius 3 is 2.28 bits per heavy atom. The largest absolute Gasteiger partial charge is 0.301 e. The Kier molecular flexibility index (Phi) is 4.91. The molecule has 2 atom stereocenters. The van der Waals surface area contributed by atoms with Crippen LogP contribution in [0.1, 0.15) is 47.9 Å². The van der Waals surface area contributed by atoms with Gasteiger partial charge in [0.1, 0.15) is 0 Å². The molecule has 0 heterocycles. The van der Waals surface area contributed by atoms with Crippen LogP contribution in [0.3, 0.4) is 0 Å². The van der Waals surface area contributed by atoms with Crippen LogP contribution in [0, 0.1) is 0 Å². The molecular weight excluding hydrogens is 356 g/mol. The molecule has 0 spiro atoms. The van der Waals surface area contributed by atoms with E-state index in [1.165, 1.54) is 30.4 Å². The van der Waals surface area contributed by atoms with Crippen LogP contribution in [0.5, 0.6) is 0 Å². The summed E-state index contributed by atoms with van der Waals surface area (Å²) in [7, 11) is 0. The van der Waals surface area contributed by atoms with E-state index in [1.807, 2.05) is 65.6 Å². The van der Waals surface area contributed by atoms with E-state index >= 15 is 0 Å². The molecule has 0 radical (unpaired) electrons. The lowest BCUT2D eigenvalue weighted by atomic mass is 9.84. The van der Waals surface area contributed by atoms with Gasteiger partial charge in [0.05, 0.1) is 6.54 Å². The molecule has 1 amide bonds. The molecule has 0 aromatic heterocycles. The zero-order valence-electron chi connectivity index (χ0n) is 16.6. The van der Waals surface area contributed by atoms with Crippen LogP contribution in [-0.2, 0) is 11.2 Å². The SMILES string of the molecule is O=C(CN[C@@H]1C[C@@H]2CCCc3cccc1c32)N(c1ccccc1)c1ccccc1. The number of carbonyl (C=O) groups excluding carboxylic acids is 1. The minimum absolute atomic E-state index is 0.0680. The van der Waals surface area contributed by atoms with Crippen LogP contribution in [-0.4, -0.2) is 12.5 Å². The molecule has 3 aromatic rings. The number of benzene rings is 3.